The number of carbonyl (C=O) groups excluding carboxylic acids is 1. The Morgan fingerprint density at radius 3 is 2.39 bits per heavy atom. The van der Waals surface area contributed by atoms with Gasteiger partial charge in [0.1, 0.15) is 5.75 Å². The Morgan fingerprint density at radius 2 is 1.68 bits per heavy atom. The molecule has 0 fully saturated rings. The fourth-order valence-corrected chi connectivity index (χ4v) is 4.76. The van der Waals surface area contributed by atoms with Crippen LogP contribution in [0.15, 0.2) is 77.7 Å². The summed E-state index contributed by atoms with van der Waals surface area (Å²) >= 11 is 0. The lowest BCUT2D eigenvalue weighted by Gasteiger charge is -2.26. The highest BCUT2D eigenvalue weighted by Crippen LogP contribution is 2.32. The quantitative estimate of drug-likeness (QED) is 0.654. The predicted molar refractivity (Wildman–Crippen MR) is 120 cm³/mol. The van der Waals surface area contributed by atoms with Gasteiger partial charge in [-0.15, -0.1) is 0 Å². The number of ether oxygens (including phenoxy) is 1. The zero-order valence-electron chi connectivity index (χ0n) is 17.4. The first kappa shape index (κ1) is 20.9. The first-order chi connectivity index (χ1) is 14.9. The van der Waals surface area contributed by atoms with Gasteiger partial charge in [0.05, 0.1) is 23.2 Å². The van der Waals surface area contributed by atoms with E-state index < -0.39 is 10.0 Å². The van der Waals surface area contributed by atoms with Crippen molar-refractivity contribution in [2.75, 3.05) is 18.0 Å². The minimum Gasteiger partial charge on any atom is -0.493 e. The van der Waals surface area contributed by atoms with E-state index in [-0.39, 0.29) is 16.8 Å². The van der Waals surface area contributed by atoms with Crippen LogP contribution in [-0.4, -0.2) is 28.0 Å². The largest absolute Gasteiger partial charge is 0.493 e. The van der Waals surface area contributed by atoms with Crippen LogP contribution in [0.2, 0.25) is 0 Å². The number of nitrogens with zero attached hydrogens (tertiary/aromatic N) is 1. The average Bonchev–Trinajstić information content (AvgIpc) is 2.79. The molecule has 0 bridgehead atoms. The Kier molecular flexibility index (Phi) is 5.69. The summed E-state index contributed by atoms with van der Waals surface area (Å²) in [6, 6.07) is 20.8. The van der Waals surface area contributed by atoms with E-state index >= 15 is 0 Å². The number of amides is 1. The molecule has 1 heterocycles. The zero-order chi connectivity index (χ0) is 22.0. The molecule has 1 aliphatic heterocycles. The lowest BCUT2D eigenvalue weighted by Crippen LogP contribution is -2.32. The van der Waals surface area contributed by atoms with Gasteiger partial charge in [0.2, 0.25) is 0 Å². The van der Waals surface area contributed by atoms with Crippen LogP contribution in [0.5, 0.6) is 5.75 Å². The van der Waals surface area contributed by atoms with Gasteiger partial charge in [-0.1, -0.05) is 35.9 Å². The number of nitrogens with one attached hydrogen (secondary N) is 1. The molecule has 7 heteroatoms. The molecule has 0 aromatic heterocycles. The van der Waals surface area contributed by atoms with Crippen LogP contribution in [0.4, 0.5) is 5.69 Å². The van der Waals surface area contributed by atoms with Crippen molar-refractivity contribution >= 4 is 21.6 Å². The molecular weight excluding hydrogens is 412 g/mol. The molecule has 1 aliphatic rings. The van der Waals surface area contributed by atoms with Crippen LogP contribution in [0.25, 0.3) is 0 Å². The summed E-state index contributed by atoms with van der Waals surface area (Å²) in [4.78, 5) is 13.0. The fraction of sp³-hybridized carbons (Fsp3) is 0.208. The minimum absolute atomic E-state index is 0.123. The van der Waals surface area contributed by atoms with Gasteiger partial charge in [0.15, 0.2) is 0 Å². The van der Waals surface area contributed by atoms with Gasteiger partial charge >= 0.3 is 0 Å². The van der Waals surface area contributed by atoms with E-state index in [0.29, 0.717) is 24.3 Å². The number of para-hydroxylation sites is 1. The highest BCUT2D eigenvalue weighted by atomic mass is 32.2. The number of aryl methyl sites for hydroxylation is 1. The molecule has 31 heavy (non-hydrogen) atoms. The molecule has 1 atom stereocenters. The number of hydrogen-bond acceptors (Lipinski definition) is 4. The van der Waals surface area contributed by atoms with Gasteiger partial charge in [-0.3, -0.25) is 9.10 Å². The van der Waals surface area contributed by atoms with Crippen LogP contribution in [0.1, 0.15) is 33.9 Å². The van der Waals surface area contributed by atoms with Crippen molar-refractivity contribution in [1.29, 1.82) is 0 Å². The van der Waals surface area contributed by atoms with Crippen molar-refractivity contribution in [3.05, 3.63) is 89.5 Å². The lowest BCUT2D eigenvalue weighted by atomic mass is 10.00. The second-order valence-electron chi connectivity index (χ2n) is 7.53. The van der Waals surface area contributed by atoms with Gasteiger partial charge in [0, 0.05) is 24.6 Å². The first-order valence-electron chi connectivity index (χ1n) is 10.0. The Bertz CT molecular complexity index is 1190. The highest BCUT2D eigenvalue weighted by Gasteiger charge is 2.24. The Balaban J connectivity index is 1.49. The zero-order valence-corrected chi connectivity index (χ0v) is 18.2. The average molecular weight is 437 g/mol. The van der Waals surface area contributed by atoms with Gasteiger partial charge in [-0.2, -0.15) is 0 Å². The first-order valence-corrected chi connectivity index (χ1v) is 11.5. The molecular formula is C24H24N2O4S. The molecule has 0 saturated heterocycles. The summed E-state index contributed by atoms with van der Waals surface area (Å²) in [6.07, 6.45) is 0.693. The molecule has 1 amide bonds. The number of anilines is 1. The number of rotatable bonds is 5. The van der Waals surface area contributed by atoms with Crippen LogP contribution in [-0.2, 0) is 10.0 Å². The number of hydrogen-bond donors (Lipinski definition) is 1. The molecule has 3 aromatic rings. The topological polar surface area (TPSA) is 75.7 Å². The monoisotopic (exact) mass is 436 g/mol. The van der Waals surface area contributed by atoms with Crippen LogP contribution >= 0.6 is 0 Å². The summed E-state index contributed by atoms with van der Waals surface area (Å²) in [5, 5.41) is 3.05. The van der Waals surface area contributed by atoms with Gasteiger partial charge < -0.3 is 10.1 Å². The summed E-state index contributed by atoms with van der Waals surface area (Å²) < 4.78 is 32.6. The Hall–Kier alpha value is -3.32. The number of sulfonamides is 1. The maximum absolute atomic E-state index is 12.9. The second kappa shape index (κ2) is 8.43. The number of benzene rings is 3. The van der Waals surface area contributed by atoms with E-state index in [2.05, 4.69) is 5.32 Å². The van der Waals surface area contributed by atoms with Crippen LogP contribution < -0.4 is 14.4 Å². The third-order valence-electron chi connectivity index (χ3n) is 5.44. The van der Waals surface area contributed by atoms with Crippen molar-refractivity contribution in [2.45, 2.75) is 24.3 Å². The minimum atomic E-state index is -3.68. The maximum Gasteiger partial charge on any atom is 0.264 e. The number of fused-ring (bicyclic) bond motifs is 1. The lowest BCUT2D eigenvalue weighted by molar-refractivity contribution is 0.0925. The second-order valence-corrected chi connectivity index (χ2v) is 9.50. The Labute approximate surface area is 182 Å². The van der Waals surface area contributed by atoms with E-state index in [1.54, 1.807) is 48.5 Å². The van der Waals surface area contributed by atoms with E-state index in [9.17, 15) is 13.2 Å². The van der Waals surface area contributed by atoms with Crippen molar-refractivity contribution in [1.82, 2.24) is 5.32 Å². The predicted octanol–water partition coefficient (Wildman–Crippen LogP) is 4.07. The maximum atomic E-state index is 12.9. The molecule has 6 nitrogen and oxygen atoms in total. The van der Waals surface area contributed by atoms with Crippen molar-refractivity contribution in [3.8, 4) is 5.75 Å². The summed E-state index contributed by atoms with van der Waals surface area (Å²) in [7, 11) is -2.18. The van der Waals surface area contributed by atoms with Crippen molar-refractivity contribution < 1.29 is 17.9 Å². The highest BCUT2D eigenvalue weighted by molar-refractivity contribution is 7.92. The SMILES string of the molecule is Cc1ccc(S(=O)(=O)N(C)c2ccc(C(=O)N[C@@H]3CCOc4ccccc43)cc2)cc1. The summed E-state index contributed by atoms with van der Waals surface area (Å²) in [6.45, 7) is 2.45. The standard InChI is InChI=1S/C24H24N2O4S/c1-17-7-13-20(14-8-17)31(28,29)26(2)19-11-9-18(10-12-19)24(27)25-22-15-16-30-23-6-4-3-5-21(22)23/h3-14,22H,15-16H2,1-2H3,(H,25,27)/t22-/m1/s1. The van der Waals surface area contributed by atoms with E-state index in [1.165, 1.54) is 11.4 Å². The Morgan fingerprint density at radius 1 is 1.00 bits per heavy atom. The van der Waals surface area contributed by atoms with Gasteiger partial charge in [0.25, 0.3) is 15.9 Å². The fourth-order valence-electron chi connectivity index (χ4n) is 3.56. The molecule has 1 N–H and O–H groups in total. The number of carbonyl (C=O) groups is 1. The molecule has 0 saturated carbocycles. The summed E-state index contributed by atoms with van der Waals surface area (Å²) in [5.41, 5.74) is 2.90. The van der Waals surface area contributed by atoms with E-state index in [1.807, 2.05) is 31.2 Å². The normalized spacial score (nSPS) is 15.5. The smallest absolute Gasteiger partial charge is 0.264 e. The molecule has 0 radical (unpaired) electrons. The van der Waals surface area contributed by atoms with Crippen LogP contribution in [0.3, 0.4) is 0 Å². The summed E-state index contributed by atoms with van der Waals surface area (Å²) in [5.74, 6) is 0.578. The molecule has 0 aliphatic carbocycles. The molecule has 3 aromatic carbocycles. The van der Waals surface area contributed by atoms with Crippen molar-refractivity contribution in [2.24, 2.45) is 0 Å². The molecule has 160 valence electrons. The molecule has 0 spiro atoms. The van der Waals surface area contributed by atoms with Crippen LogP contribution in [0, 0.1) is 6.92 Å². The van der Waals surface area contributed by atoms with Gasteiger partial charge in [-0.25, -0.2) is 8.42 Å². The van der Waals surface area contributed by atoms with Crippen molar-refractivity contribution in [3.63, 3.8) is 0 Å². The third kappa shape index (κ3) is 4.27. The molecule has 0 unspecified atom stereocenters. The van der Waals surface area contributed by atoms with Gasteiger partial charge in [-0.05, 0) is 49.4 Å². The van der Waals surface area contributed by atoms with E-state index in [0.717, 1.165) is 16.9 Å². The van der Waals surface area contributed by atoms with E-state index in [4.69, 9.17) is 4.74 Å². The third-order valence-corrected chi connectivity index (χ3v) is 7.24. The molecule has 4 rings (SSSR count).